The Labute approximate surface area is 164 Å². The van der Waals surface area contributed by atoms with Crippen molar-refractivity contribution in [2.75, 3.05) is 13.6 Å². The number of aryl methyl sites for hydroxylation is 1. The van der Waals surface area contributed by atoms with Crippen LogP contribution in [0, 0.1) is 12.8 Å². The van der Waals surface area contributed by atoms with Crippen molar-refractivity contribution in [3.63, 3.8) is 0 Å². The summed E-state index contributed by atoms with van der Waals surface area (Å²) >= 11 is 0. The van der Waals surface area contributed by atoms with Crippen molar-refractivity contribution in [2.24, 2.45) is 5.92 Å². The highest BCUT2D eigenvalue weighted by molar-refractivity contribution is 5.75. The Morgan fingerprint density at radius 2 is 2.11 bits per heavy atom. The van der Waals surface area contributed by atoms with Crippen LogP contribution in [0.15, 0.2) is 18.2 Å². The van der Waals surface area contributed by atoms with Crippen LogP contribution >= 0.6 is 0 Å². The first-order valence-corrected chi connectivity index (χ1v) is 10.0. The highest BCUT2D eigenvalue weighted by Gasteiger charge is 2.64. The maximum absolute atomic E-state index is 11.8. The molecule has 148 valence electrons. The molecule has 5 rings (SSSR count). The van der Waals surface area contributed by atoms with Gasteiger partial charge in [0.15, 0.2) is 11.5 Å². The van der Waals surface area contributed by atoms with Crippen molar-refractivity contribution in [3.05, 3.63) is 34.9 Å². The quantitative estimate of drug-likeness (QED) is 0.481. The van der Waals surface area contributed by atoms with Gasteiger partial charge in [-0.15, -0.1) is 0 Å². The smallest absolute Gasteiger partial charge is 0.308 e. The molecule has 1 unspecified atom stereocenters. The number of amides is 1. The first-order valence-electron chi connectivity index (χ1n) is 10.0. The lowest BCUT2D eigenvalue weighted by molar-refractivity contribution is -0.132. The minimum atomic E-state index is -0.350. The van der Waals surface area contributed by atoms with Crippen LogP contribution in [0.3, 0.4) is 0 Å². The van der Waals surface area contributed by atoms with E-state index in [1.54, 1.807) is 0 Å². The second kappa shape index (κ2) is 5.83. The zero-order valence-electron chi connectivity index (χ0n) is 16.7. The molecule has 2 bridgehead atoms. The minimum absolute atomic E-state index is 0.0686. The topological polar surface area (TPSA) is 67.9 Å². The number of benzene rings is 1. The molecule has 6 heteroatoms. The van der Waals surface area contributed by atoms with Gasteiger partial charge in [0.1, 0.15) is 6.10 Å². The molecule has 1 amide bonds. The van der Waals surface area contributed by atoms with E-state index < -0.39 is 0 Å². The van der Waals surface area contributed by atoms with E-state index in [4.69, 9.17) is 9.47 Å². The molecule has 1 aromatic carbocycles. The van der Waals surface area contributed by atoms with Crippen LogP contribution in [0.5, 0.6) is 11.5 Å². The second-order valence-electron chi connectivity index (χ2n) is 8.69. The van der Waals surface area contributed by atoms with Crippen LogP contribution in [-0.2, 0) is 21.4 Å². The summed E-state index contributed by atoms with van der Waals surface area (Å²) in [6, 6.07) is 2.15. The number of nitrogens with one attached hydrogen (secondary N) is 1. The van der Waals surface area contributed by atoms with E-state index in [2.05, 4.69) is 36.3 Å². The average molecular weight is 382 g/mol. The lowest BCUT2D eigenvalue weighted by atomic mass is 9.52. The minimum Gasteiger partial charge on any atom is -0.483 e. The molecular weight excluding hydrogens is 356 g/mol. The molecule has 6 nitrogen and oxygen atoms in total. The standard InChI is InChI=1S/C22H26N2O4/c1-11-9-18(27-13(3)26)20-19-14(11)10-17-15-5-6-16(23-12(2)25)21(28-20)22(15,19)7-8-24(17)4/h5-6,9,15-17,21H,7-8,10H2,1-4H3,(H,23,25)/t15?,16-,17+,21-,22-/m0/s1. The van der Waals surface area contributed by atoms with Crippen LogP contribution < -0.4 is 14.8 Å². The number of likely N-dealkylation sites (N-methyl/N-ethyl adjacent to an activating group) is 1. The average Bonchev–Trinajstić information content (AvgIpc) is 2.96. The van der Waals surface area contributed by atoms with E-state index in [9.17, 15) is 9.59 Å². The predicted molar refractivity (Wildman–Crippen MR) is 104 cm³/mol. The Hall–Kier alpha value is -2.34. The first kappa shape index (κ1) is 17.7. The number of hydrogen-bond acceptors (Lipinski definition) is 5. The summed E-state index contributed by atoms with van der Waals surface area (Å²) in [4.78, 5) is 26.0. The first-order chi connectivity index (χ1) is 13.3. The second-order valence-corrected chi connectivity index (χ2v) is 8.69. The highest BCUT2D eigenvalue weighted by Crippen LogP contribution is 2.63. The van der Waals surface area contributed by atoms with E-state index in [0.29, 0.717) is 23.5 Å². The largest absolute Gasteiger partial charge is 0.483 e. The number of ether oxygens (including phenoxy) is 2. The summed E-state index contributed by atoms with van der Waals surface area (Å²) in [5, 5.41) is 3.06. The number of hydrogen-bond donors (Lipinski definition) is 1. The van der Waals surface area contributed by atoms with Gasteiger partial charge in [0.05, 0.1) is 6.04 Å². The predicted octanol–water partition coefficient (Wildman–Crippen LogP) is 1.87. The molecule has 0 radical (unpaired) electrons. The van der Waals surface area contributed by atoms with Gasteiger partial charge in [0.2, 0.25) is 5.91 Å². The number of likely N-dealkylation sites (tertiary alicyclic amines) is 1. The van der Waals surface area contributed by atoms with Gasteiger partial charge < -0.3 is 19.7 Å². The lowest BCUT2D eigenvalue weighted by Gasteiger charge is -2.57. The number of esters is 1. The van der Waals surface area contributed by atoms with E-state index in [1.165, 1.54) is 25.0 Å². The normalized spacial score (nSPS) is 34.4. The Kier molecular flexibility index (Phi) is 3.69. The van der Waals surface area contributed by atoms with Crippen LogP contribution in [0.1, 0.15) is 37.0 Å². The van der Waals surface area contributed by atoms with Gasteiger partial charge in [-0.25, -0.2) is 0 Å². The molecule has 1 saturated heterocycles. The molecule has 28 heavy (non-hydrogen) atoms. The van der Waals surface area contributed by atoms with Crippen LogP contribution in [0.25, 0.3) is 0 Å². The Morgan fingerprint density at radius 3 is 2.82 bits per heavy atom. The number of nitrogens with zero attached hydrogens (tertiary/aromatic N) is 1. The van der Waals surface area contributed by atoms with Gasteiger partial charge in [-0.3, -0.25) is 9.59 Å². The molecule has 0 aromatic heterocycles. The van der Waals surface area contributed by atoms with Gasteiger partial charge >= 0.3 is 5.97 Å². The molecule has 2 aliphatic carbocycles. The fourth-order valence-corrected chi connectivity index (χ4v) is 6.10. The molecule has 5 atom stereocenters. The van der Waals surface area contributed by atoms with Gasteiger partial charge in [-0.1, -0.05) is 12.2 Å². The third kappa shape index (κ3) is 2.18. The van der Waals surface area contributed by atoms with E-state index >= 15 is 0 Å². The summed E-state index contributed by atoms with van der Waals surface area (Å²) in [5.74, 6) is 1.11. The summed E-state index contributed by atoms with van der Waals surface area (Å²) in [5.41, 5.74) is 3.48. The molecule has 4 aliphatic rings. The lowest BCUT2D eigenvalue weighted by Crippen LogP contribution is -2.66. The molecule has 1 N–H and O–H groups in total. The van der Waals surface area contributed by atoms with Gasteiger partial charge in [0.25, 0.3) is 0 Å². The summed E-state index contributed by atoms with van der Waals surface area (Å²) in [7, 11) is 2.20. The summed E-state index contributed by atoms with van der Waals surface area (Å²) in [6.45, 7) is 6.03. The Bertz CT molecular complexity index is 924. The summed E-state index contributed by atoms with van der Waals surface area (Å²) < 4.78 is 12.1. The maximum Gasteiger partial charge on any atom is 0.308 e. The third-order valence-electron chi connectivity index (χ3n) is 7.14. The van der Waals surface area contributed by atoms with Gasteiger partial charge in [0, 0.05) is 36.8 Å². The van der Waals surface area contributed by atoms with Gasteiger partial charge in [-0.05, 0) is 50.6 Å². The SMILES string of the molecule is CC(=O)N[C@H]1C=CC2[C@H]3Cc4c(C)cc(OC(C)=O)c5c4[C@@]2(CCN3C)[C@H]1O5. The van der Waals surface area contributed by atoms with Crippen molar-refractivity contribution in [2.45, 2.75) is 57.2 Å². The van der Waals surface area contributed by atoms with E-state index in [1.807, 2.05) is 6.07 Å². The molecule has 2 heterocycles. The van der Waals surface area contributed by atoms with E-state index in [-0.39, 0.29) is 29.4 Å². The fourth-order valence-electron chi connectivity index (χ4n) is 6.10. The third-order valence-corrected chi connectivity index (χ3v) is 7.14. The molecule has 2 aliphatic heterocycles. The van der Waals surface area contributed by atoms with Gasteiger partial charge in [-0.2, -0.15) is 0 Å². The monoisotopic (exact) mass is 382 g/mol. The fraction of sp³-hybridized carbons (Fsp3) is 0.545. The molecule has 1 spiro atoms. The Balaban J connectivity index is 1.75. The van der Waals surface area contributed by atoms with Crippen molar-refractivity contribution in [1.29, 1.82) is 0 Å². The van der Waals surface area contributed by atoms with Crippen LogP contribution in [0.4, 0.5) is 0 Å². The Morgan fingerprint density at radius 1 is 1.32 bits per heavy atom. The maximum atomic E-state index is 11.8. The van der Waals surface area contributed by atoms with E-state index in [0.717, 1.165) is 24.9 Å². The highest BCUT2D eigenvalue weighted by atomic mass is 16.6. The summed E-state index contributed by atoms with van der Waals surface area (Å²) in [6.07, 6.45) is 6.11. The zero-order valence-corrected chi connectivity index (χ0v) is 16.7. The van der Waals surface area contributed by atoms with Crippen molar-refractivity contribution >= 4 is 11.9 Å². The zero-order chi connectivity index (χ0) is 19.8. The van der Waals surface area contributed by atoms with Crippen molar-refractivity contribution in [1.82, 2.24) is 10.2 Å². The number of rotatable bonds is 2. The molecular formula is C22H26N2O4. The molecule has 1 aromatic rings. The molecule has 1 fully saturated rings. The molecule has 0 saturated carbocycles. The van der Waals surface area contributed by atoms with Crippen LogP contribution in [-0.4, -0.2) is 48.6 Å². The van der Waals surface area contributed by atoms with Crippen molar-refractivity contribution < 1.29 is 19.1 Å². The number of carbonyl (C=O) groups is 2. The van der Waals surface area contributed by atoms with Crippen LogP contribution in [0.2, 0.25) is 0 Å². The number of piperidine rings is 1. The van der Waals surface area contributed by atoms with Crippen molar-refractivity contribution in [3.8, 4) is 11.5 Å². The number of carbonyl (C=O) groups excluding carboxylic acids is 2.